The number of amides is 1. The van der Waals surface area contributed by atoms with Crippen molar-refractivity contribution in [3.63, 3.8) is 0 Å². The van der Waals surface area contributed by atoms with Gasteiger partial charge in [-0.2, -0.15) is 5.26 Å². The Hall–Kier alpha value is -4.96. The van der Waals surface area contributed by atoms with Gasteiger partial charge in [-0.15, -0.1) is 0 Å². The molecule has 0 bridgehead atoms. The number of carbonyl (C=O) groups is 1. The van der Waals surface area contributed by atoms with Gasteiger partial charge in [-0.3, -0.25) is 25.0 Å². The fraction of sp³-hybridized carbons (Fsp3) is 0.185. The van der Waals surface area contributed by atoms with E-state index in [4.69, 9.17) is 9.47 Å². The van der Waals surface area contributed by atoms with E-state index in [0.29, 0.717) is 11.3 Å². The van der Waals surface area contributed by atoms with Crippen molar-refractivity contribution >= 4 is 50.7 Å². The molecule has 0 fully saturated rings. The van der Waals surface area contributed by atoms with Crippen LogP contribution in [0.15, 0.2) is 64.6 Å². The molecule has 0 atom stereocenters. The molecule has 3 rings (SSSR count). The molecule has 0 saturated carbocycles. The van der Waals surface area contributed by atoms with E-state index < -0.39 is 27.1 Å². The summed E-state index contributed by atoms with van der Waals surface area (Å²) >= 11 is 3.33. The molecule has 12 nitrogen and oxygen atoms in total. The molecule has 0 heterocycles. The molecule has 0 aliphatic rings. The van der Waals surface area contributed by atoms with Crippen molar-refractivity contribution in [3.8, 4) is 23.3 Å². The van der Waals surface area contributed by atoms with E-state index in [-0.39, 0.29) is 27.3 Å². The second kappa shape index (κ2) is 13.2. The number of hydrogen-bond acceptors (Lipinski definition) is 9. The number of rotatable bonds is 11. The van der Waals surface area contributed by atoms with Gasteiger partial charge >= 0.3 is 5.69 Å². The summed E-state index contributed by atoms with van der Waals surface area (Å²) in [6, 6.07) is 15.1. The number of anilines is 2. The summed E-state index contributed by atoms with van der Waals surface area (Å²) in [7, 11) is 1.34. The van der Waals surface area contributed by atoms with Crippen molar-refractivity contribution in [1.82, 2.24) is 0 Å². The molecule has 0 aliphatic heterocycles. The first-order valence-corrected chi connectivity index (χ1v) is 12.7. The number of nitro benzene ring substituents is 2. The predicted octanol–water partition coefficient (Wildman–Crippen LogP) is 6.46. The summed E-state index contributed by atoms with van der Waals surface area (Å²) < 4.78 is 11.4. The Labute approximate surface area is 237 Å². The van der Waals surface area contributed by atoms with Crippen molar-refractivity contribution in [1.29, 1.82) is 5.26 Å². The molecule has 0 radical (unpaired) electrons. The SMILES string of the molecule is CCN(CC)c1ccc(NC(=O)/C(C#N)=C\c2cc(Br)c(Oc3ccc([N+](=O)[O-])cc3[N+](=O)[O-])c(OC)c2)cc1. The van der Waals surface area contributed by atoms with Crippen molar-refractivity contribution in [2.75, 3.05) is 30.4 Å². The van der Waals surface area contributed by atoms with E-state index in [1.807, 2.05) is 18.2 Å². The molecule has 206 valence electrons. The van der Waals surface area contributed by atoms with Crippen LogP contribution in [0.1, 0.15) is 19.4 Å². The lowest BCUT2D eigenvalue weighted by Crippen LogP contribution is -2.21. The molecule has 0 aliphatic carbocycles. The Morgan fingerprint density at radius 2 is 1.73 bits per heavy atom. The van der Waals surface area contributed by atoms with Crippen LogP contribution >= 0.6 is 15.9 Å². The van der Waals surface area contributed by atoms with Crippen molar-refractivity contribution < 1.29 is 24.1 Å². The molecular weight excluding hydrogens is 586 g/mol. The van der Waals surface area contributed by atoms with Gasteiger partial charge < -0.3 is 19.7 Å². The standard InChI is InChI=1S/C27H24BrN5O7/c1-4-31(5-2)20-8-6-19(7-9-20)30-27(34)18(16-29)12-17-13-22(28)26(25(14-17)39-3)40-24-11-10-21(32(35)36)15-23(24)33(37)38/h6-15H,4-5H2,1-3H3,(H,30,34)/b18-12-. The van der Waals surface area contributed by atoms with Gasteiger partial charge in [-0.1, -0.05) is 0 Å². The summed E-state index contributed by atoms with van der Waals surface area (Å²) in [5, 5.41) is 34.8. The Morgan fingerprint density at radius 3 is 2.27 bits per heavy atom. The molecule has 13 heteroatoms. The fourth-order valence-corrected chi connectivity index (χ4v) is 4.28. The van der Waals surface area contributed by atoms with Gasteiger partial charge in [-0.05, 0) is 83.9 Å². The van der Waals surface area contributed by atoms with Crippen LogP contribution in [0, 0.1) is 31.6 Å². The number of ether oxygens (including phenoxy) is 2. The topological polar surface area (TPSA) is 161 Å². The van der Waals surface area contributed by atoms with Crippen molar-refractivity contribution in [2.24, 2.45) is 0 Å². The van der Waals surface area contributed by atoms with E-state index >= 15 is 0 Å². The molecule has 1 N–H and O–H groups in total. The number of nitrogens with zero attached hydrogens (tertiary/aromatic N) is 4. The highest BCUT2D eigenvalue weighted by molar-refractivity contribution is 9.10. The summed E-state index contributed by atoms with van der Waals surface area (Å²) in [5.41, 5.74) is 0.680. The molecule has 0 unspecified atom stereocenters. The van der Waals surface area contributed by atoms with Gasteiger partial charge in [0.2, 0.25) is 5.75 Å². The number of benzene rings is 3. The maximum absolute atomic E-state index is 12.8. The summed E-state index contributed by atoms with van der Waals surface area (Å²) in [6.45, 7) is 5.79. The maximum Gasteiger partial charge on any atom is 0.318 e. The molecule has 0 aromatic heterocycles. The van der Waals surface area contributed by atoms with Gasteiger partial charge in [0.15, 0.2) is 11.5 Å². The van der Waals surface area contributed by atoms with Crippen LogP contribution in [-0.2, 0) is 4.79 Å². The largest absolute Gasteiger partial charge is 0.493 e. The lowest BCUT2D eigenvalue weighted by molar-refractivity contribution is -0.394. The number of nitriles is 1. The van der Waals surface area contributed by atoms with Gasteiger partial charge in [-0.25, -0.2) is 0 Å². The molecule has 3 aromatic rings. The summed E-state index contributed by atoms with van der Waals surface area (Å²) in [6.07, 6.45) is 1.35. The predicted molar refractivity (Wildman–Crippen MR) is 153 cm³/mol. The molecule has 3 aromatic carbocycles. The third-order valence-corrected chi connectivity index (χ3v) is 6.33. The number of halogens is 1. The summed E-state index contributed by atoms with van der Waals surface area (Å²) in [5.74, 6) is -0.692. The first-order chi connectivity index (χ1) is 19.1. The Balaban J connectivity index is 1.88. The van der Waals surface area contributed by atoms with Gasteiger partial charge in [0.05, 0.1) is 27.5 Å². The highest BCUT2D eigenvalue weighted by atomic mass is 79.9. The second-order valence-corrected chi connectivity index (χ2v) is 9.00. The molecule has 0 spiro atoms. The first kappa shape index (κ1) is 29.6. The molecule has 0 saturated heterocycles. The van der Waals surface area contributed by atoms with Gasteiger partial charge in [0.1, 0.15) is 11.6 Å². The minimum atomic E-state index is -0.797. The van der Waals surface area contributed by atoms with E-state index in [1.54, 1.807) is 12.1 Å². The zero-order chi connectivity index (χ0) is 29.4. The number of carbonyl (C=O) groups excluding carboxylic acids is 1. The van der Waals surface area contributed by atoms with Crippen LogP contribution in [0.4, 0.5) is 22.7 Å². The number of nitro groups is 2. The number of nitrogens with one attached hydrogen (secondary N) is 1. The minimum absolute atomic E-state index is 0.0489. The highest BCUT2D eigenvalue weighted by Crippen LogP contribution is 2.43. The summed E-state index contributed by atoms with van der Waals surface area (Å²) in [4.78, 5) is 35.9. The van der Waals surface area contributed by atoms with Crippen LogP contribution in [0.5, 0.6) is 17.2 Å². The average Bonchev–Trinajstić information content (AvgIpc) is 2.94. The number of hydrogen-bond donors (Lipinski definition) is 1. The molecular formula is C27H24BrN5O7. The lowest BCUT2D eigenvalue weighted by atomic mass is 10.1. The van der Waals surface area contributed by atoms with Crippen LogP contribution in [0.25, 0.3) is 6.08 Å². The van der Waals surface area contributed by atoms with E-state index in [1.165, 1.54) is 25.3 Å². The maximum atomic E-state index is 12.8. The quantitative estimate of drug-likeness (QED) is 0.111. The molecule has 1 amide bonds. The average molecular weight is 610 g/mol. The molecule has 40 heavy (non-hydrogen) atoms. The Bertz CT molecular complexity index is 1510. The van der Waals surface area contributed by atoms with Gasteiger partial charge in [0.25, 0.3) is 11.6 Å². The second-order valence-electron chi connectivity index (χ2n) is 8.15. The van der Waals surface area contributed by atoms with Crippen LogP contribution in [-0.4, -0.2) is 36.0 Å². The fourth-order valence-electron chi connectivity index (χ4n) is 3.74. The Morgan fingerprint density at radius 1 is 1.05 bits per heavy atom. The van der Waals surface area contributed by atoms with E-state index in [0.717, 1.165) is 37.0 Å². The van der Waals surface area contributed by atoms with Gasteiger partial charge in [0, 0.05) is 30.5 Å². The number of non-ortho nitro benzene ring substituents is 1. The monoisotopic (exact) mass is 609 g/mol. The smallest absolute Gasteiger partial charge is 0.318 e. The Kier molecular flexibility index (Phi) is 9.77. The van der Waals surface area contributed by atoms with Crippen molar-refractivity contribution in [2.45, 2.75) is 13.8 Å². The first-order valence-electron chi connectivity index (χ1n) is 11.9. The zero-order valence-corrected chi connectivity index (χ0v) is 23.3. The van der Waals surface area contributed by atoms with Crippen LogP contribution in [0.3, 0.4) is 0 Å². The highest BCUT2D eigenvalue weighted by Gasteiger charge is 2.23. The number of methoxy groups -OCH3 is 1. The lowest BCUT2D eigenvalue weighted by Gasteiger charge is -2.21. The normalized spacial score (nSPS) is 10.8. The zero-order valence-electron chi connectivity index (χ0n) is 21.7. The third-order valence-electron chi connectivity index (χ3n) is 5.74. The van der Waals surface area contributed by atoms with E-state index in [2.05, 4.69) is 40.0 Å². The van der Waals surface area contributed by atoms with Crippen molar-refractivity contribution in [3.05, 3.63) is 90.4 Å². The van der Waals surface area contributed by atoms with Crippen LogP contribution < -0.4 is 19.7 Å². The van der Waals surface area contributed by atoms with Crippen LogP contribution in [0.2, 0.25) is 0 Å². The third kappa shape index (κ3) is 6.91. The minimum Gasteiger partial charge on any atom is -0.493 e. The van der Waals surface area contributed by atoms with E-state index in [9.17, 15) is 30.3 Å².